The quantitative estimate of drug-likeness (QED) is 0.0332. The van der Waals surface area contributed by atoms with Crippen LogP contribution in [-0.2, 0) is 32.0 Å². The molecule has 0 saturated carbocycles. The van der Waals surface area contributed by atoms with E-state index in [0.717, 1.165) is 22.4 Å². The number of ketones is 2. The van der Waals surface area contributed by atoms with Crippen LogP contribution in [0.5, 0.6) is 11.8 Å². The van der Waals surface area contributed by atoms with E-state index in [4.69, 9.17) is 21.0 Å². The molecule has 7 aromatic rings. The van der Waals surface area contributed by atoms with Crippen molar-refractivity contribution in [1.82, 2.24) is 9.97 Å². The molecule has 351 valence electrons. The van der Waals surface area contributed by atoms with Crippen LogP contribution in [0.15, 0.2) is 125 Å². The molecule has 0 fully saturated rings. The average Bonchev–Trinajstić information content (AvgIpc) is 3.29. The Balaban J connectivity index is 0.000000294. The third kappa shape index (κ3) is 11.9. The van der Waals surface area contributed by atoms with Gasteiger partial charge in [-0.15, -0.1) is 24.8 Å². The first kappa shape index (κ1) is 53.6. The van der Waals surface area contributed by atoms with Gasteiger partial charge in [-0.05, 0) is 12.1 Å². The zero-order valence-corrected chi connectivity index (χ0v) is 39.3. The summed E-state index contributed by atoms with van der Waals surface area (Å²) in [5, 5.41) is 20.9. The van der Waals surface area contributed by atoms with Crippen LogP contribution in [0, 0.1) is 29.1 Å². The van der Waals surface area contributed by atoms with Gasteiger partial charge >= 0.3 is 236 Å². The van der Waals surface area contributed by atoms with E-state index in [9.17, 15) is 41.8 Å². The average molecular weight is 1050 g/mol. The minimum absolute atomic E-state index is 0. The van der Waals surface area contributed by atoms with Crippen molar-refractivity contribution < 1.29 is 73.8 Å². The molecule has 7 rings (SSSR count). The van der Waals surface area contributed by atoms with Gasteiger partial charge in [0.15, 0.2) is 23.3 Å². The van der Waals surface area contributed by atoms with Gasteiger partial charge < -0.3 is 5.11 Å². The van der Waals surface area contributed by atoms with Crippen molar-refractivity contribution in [3.05, 3.63) is 167 Å². The summed E-state index contributed by atoms with van der Waals surface area (Å²) >= 11 is 9.90. The van der Waals surface area contributed by atoms with E-state index in [1.54, 1.807) is 30.3 Å². The molecule has 0 atom stereocenters. The minimum Gasteiger partial charge on any atom is -0.493 e. The van der Waals surface area contributed by atoms with Gasteiger partial charge in [0.25, 0.3) is 0 Å². The molecule has 67 heavy (non-hydrogen) atoms. The summed E-state index contributed by atoms with van der Waals surface area (Å²) in [4.78, 5) is 41.7. The third-order valence-corrected chi connectivity index (χ3v) is 10.7. The number of benzene rings is 5. The van der Waals surface area contributed by atoms with Crippen molar-refractivity contribution in [2.45, 2.75) is 39.5 Å². The number of aromatic nitrogens is 2. The van der Waals surface area contributed by atoms with Gasteiger partial charge in [-0.1, -0.05) is 30.3 Å². The molecule has 5 aromatic carbocycles. The van der Waals surface area contributed by atoms with Crippen LogP contribution in [0.3, 0.4) is 0 Å². The van der Waals surface area contributed by atoms with Gasteiger partial charge in [-0.25, -0.2) is 31.9 Å². The fraction of sp³-hybridized carbons (Fsp3) is 0.120. The molecule has 0 bridgehead atoms. The summed E-state index contributed by atoms with van der Waals surface area (Å²) in [6, 6.07) is 34.2. The summed E-state index contributed by atoms with van der Waals surface area (Å²) in [7, 11) is 0. The van der Waals surface area contributed by atoms with Crippen LogP contribution in [-0.4, -0.2) is 44.2 Å². The summed E-state index contributed by atoms with van der Waals surface area (Å²) in [5.74, 6) is -12.9. The van der Waals surface area contributed by atoms with Crippen LogP contribution in [0.2, 0.25) is 0 Å². The Morgan fingerprint density at radius 2 is 1.07 bits per heavy atom. The normalized spacial score (nSPS) is 11.1. The maximum absolute atomic E-state index is 13.8. The first-order chi connectivity index (χ1) is 31.0. The van der Waals surface area contributed by atoms with Crippen molar-refractivity contribution >= 4 is 69.2 Å². The second-order valence-electron chi connectivity index (χ2n) is 14.8. The number of hydrogen-bond acceptors (Lipinski definition) is 8. The summed E-state index contributed by atoms with van der Waals surface area (Å²) in [6.45, 7) is 8.44. The van der Waals surface area contributed by atoms with Crippen LogP contribution < -0.4 is 9.05 Å². The van der Waals surface area contributed by atoms with E-state index < -0.39 is 46.4 Å². The molecule has 0 spiro atoms. The predicted molar refractivity (Wildman–Crippen MR) is 248 cm³/mol. The number of nitrogens with zero attached hydrogens (tertiary/aromatic N) is 4. The smallest absolute Gasteiger partial charge is 0.222 e. The van der Waals surface area contributed by atoms with Crippen molar-refractivity contribution in [3.8, 4) is 45.3 Å². The van der Waals surface area contributed by atoms with Gasteiger partial charge in [-0.2, -0.15) is 0 Å². The van der Waals surface area contributed by atoms with Crippen molar-refractivity contribution in [2.75, 3.05) is 0 Å². The first-order valence-corrected chi connectivity index (χ1v) is 20.8. The van der Waals surface area contributed by atoms with Gasteiger partial charge in [0, 0.05) is 5.56 Å². The third-order valence-electron chi connectivity index (χ3n) is 9.91. The van der Waals surface area contributed by atoms with Gasteiger partial charge in [0.2, 0.25) is 17.5 Å². The van der Waals surface area contributed by atoms with E-state index >= 15 is 0 Å². The number of aliphatic imine (C=N–C) groups is 2. The predicted octanol–water partition coefficient (Wildman–Crippen LogP) is 11.9. The Morgan fingerprint density at radius 1 is 0.582 bits per heavy atom. The number of Topliss-reactive ketones (excluding diaryl/α,β-unsaturated/α-hetero) is 2. The summed E-state index contributed by atoms with van der Waals surface area (Å²) in [6.07, 6.45) is 1.66. The van der Waals surface area contributed by atoms with Crippen LogP contribution in [0.1, 0.15) is 71.4 Å². The van der Waals surface area contributed by atoms with Crippen molar-refractivity contribution in [2.24, 2.45) is 9.98 Å². The SMILES string of the molecule is CC(C)c1cccc(C(C)C)c1N=CC(=O)c1[c]([Cu])nc(O)c(-c2ccccc2)c1-c1cccc[c]1[Fe].Cl.Cl.O=C(C=Nc1c(F)c(F)c(F)c(F)c1F)c1ccc(-c2ccccc2)nc1O. The number of pyridine rings is 2. The molecule has 2 heterocycles. The topological polar surface area (TPSA) is 125 Å². The number of halogens is 7. The molecule has 8 nitrogen and oxygen atoms in total. The molecule has 0 saturated heterocycles. The van der Waals surface area contributed by atoms with Crippen LogP contribution >= 0.6 is 24.8 Å². The van der Waals surface area contributed by atoms with E-state index in [1.807, 2.05) is 72.8 Å². The molecule has 0 aliphatic rings. The largest absolute Gasteiger partial charge is 0.493 e. The maximum Gasteiger partial charge on any atom is 0.222 e. The van der Waals surface area contributed by atoms with Crippen molar-refractivity contribution in [3.63, 3.8) is 0 Å². The standard InChI is InChI=1S/C31H28N2O2.C19H9F5N2O2.2ClH.Cu.Fe/c1-20(2)24-16-11-17-25(21(3)4)30(24)32-19-27(34)26-18-33-31(35)29(23-14-9-6-10-15-23)28(26)22-12-7-5-8-13-22;20-13-14(21)16(23)18(17(24)15(13)22)25-8-12(27)10-6-7-11(26-19(10)28)9-4-2-1-3-5-9;;;;/h5-12,14-17,19-21H,1-4H3,(H,33,35);1-8H,(H,26,28);2*1H;;. The van der Waals surface area contributed by atoms with E-state index in [-0.39, 0.29) is 64.0 Å². The fourth-order valence-electron chi connectivity index (χ4n) is 6.70. The molecule has 0 amide bonds. The second kappa shape index (κ2) is 23.6. The monoisotopic (exact) mass is 1040 g/mol. The molecule has 0 aliphatic heterocycles. The zero-order chi connectivity index (χ0) is 47.1. The zero-order valence-electron chi connectivity index (χ0n) is 35.6. The molecular weight excluding hydrogens is 1010 g/mol. The minimum atomic E-state index is -2.33. The maximum atomic E-state index is 13.8. The van der Waals surface area contributed by atoms with Gasteiger partial charge in [0.05, 0.1) is 17.5 Å². The number of carbonyl (C=O) groups excluding carboxylic acids is 2. The van der Waals surface area contributed by atoms with Crippen molar-refractivity contribution in [1.29, 1.82) is 0 Å². The summed E-state index contributed by atoms with van der Waals surface area (Å²) < 4.78 is 67.1. The Morgan fingerprint density at radius 3 is 1.61 bits per heavy atom. The molecular formula is C50H39Cl2CuF5FeN4O4. The fourth-order valence-corrected chi connectivity index (χ4v) is 7.37. The molecule has 17 heteroatoms. The number of rotatable bonds is 11. The Hall–Kier alpha value is -6.05. The van der Waals surface area contributed by atoms with Crippen LogP contribution in [0.4, 0.5) is 33.3 Å². The molecule has 0 unspecified atom stereocenters. The van der Waals surface area contributed by atoms with Gasteiger partial charge in [0.1, 0.15) is 5.69 Å². The Kier molecular flexibility index (Phi) is 18.9. The van der Waals surface area contributed by atoms with E-state index in [0.29, 0.717) is 38.6 Å². The van der Waals surface area contributed by atoms with E-state index in [2.05, 4.69) is 58.7 Å². The molecule has 2 N–H and O–H groups in total. The molecule has 2 aromatic heterocycles. The first-order valence-electron chi connectivity index (χ1n) is 19.8. The second-order valence-corrected chi connectivity index (χ2v) is 15.9. The Labute approximate surface area is 412 Å². The molecule has 0 radical (unpaired) electrons. The number of aromatic hydroxyl groups is 2. The summed E-state index contributed by atoms with van der Waals surface area (Å²) in [5.41, 5.74) is 4.65. The van der Waals surface area contributed by atoms with Gasteiger partial charge in [-0.3, -0.25) is 4.79 Å². The number of para-hydroxylation sites is 1. The number of carbonyl (C=O) groups is 2. The number of hydrogen-bond donors (Lipinski definition) is 2. The molecule has 0 aliphatic carbocycles. The van der Waals surface area contributed by atoms with E-state index in [1.165, 1.54) is 18.3 Å². The van der Waals surface area contributed by atoms with Crippen LogP contribution in [0.25, 0.3) is 33.5 Å². The Bertz CT molecular complexity index is 2950.